The zero-order chi connectivity index (χ0) is 14.8. The van der Waals surface area contributed by atoms with Crippen LogP contribution in [0, 0.1) is 0 Å². The van der Waals surface area contributed by atoms with Crippen LogP contribution < -0.4 is 11.1 Å². The number of hydrogen-bond acceptors (Lipinski definition) is 5. The number of nitrogens with two attached hydrogens (primary N) is 1. The largest absolute Gasteiger partial charge is 0.433 e. The number of rotatable bonds is 3. The lowest BCUT2D eigenvalue weighted by Gasteiger charge is -2.15. The van der Waals surface area contributed by atoms with Crippen molar-refractivity contribution in [3.63, 3.8) is 0 Å². The Morgan fingerprint density at radius 2 is 2.00 bits per heavy atom. The van der Waals surface area contributed by atoms with Gasteiger partial charge in [0.1, 0.15) is 5.82 Å². The fraction of sp³-hybridized carbons (Fsp3) is 0.250. The summed E-state index contributed by atoms with van der Waals surface area (Å²) in [6.45, 7) is 1.76. The van der Waals surface area contributed by atoms with Gasteiger partial charge in [-0.3, -0.25) is 4.98 Å². The summed E-state index contributed by atoms with van der Waals surface area (Å²) >= 11 is 0. The molecular formula is C12H12F3N5. The summed E-state index contributed by atoms with van der Waals surface area (Å²) in [5.41, 5.74) is 4.89. The van der Waals surface area contributed by atoms with Gasteiger partial charge in [0, 0.05) is 12.3 Å². The first-order valence-electron chi connectivity index (χ1n) is 5.75. The van der Waals surface area contributed by atoms with Crippen molar-refractivity contribution in [3.8, 4) is 0 Å². The molecule has 0 saturated carbocycles. The van der Waals surface area contributed by atoms with Gasteiger partial charge in [0.15, 0.2) is 5.69 Å². The highest BCUT2D eigenvalue weighted by atomic mass is 19.4. The Hall–Kier alpha value is -2.38. The fourth-order valence-electron chi connectivity index (χ4n) is 1.61. The SMILES string of the molecule is CC(Nc1cc(C(F)(F)F)nc(N)n1)c1ccccn1. The minimum absolute atomic E-state index is 0.00276. The molecule has 0 bridgehead atoms. The Bertz CT molecular complexity index is 585. The van der Waals surface area contributed by atoms with Gasteiger partial charge in [-0.05, 0) is 19.1 Å². The molecule has 0 saturated heterocycles. The first-order chi connectivity index (χ1) is 9.36. The van der Waals surface area contributed by atoms with Crippen molar-refractivity contribution in [1.82, 2.24) is 15.0 Å². The van der Waals surface area contributed by atoms with Gasteiger partial charge in [-0.1, -0.05) is 6.07 Å². The lowest BCUT2D eigenvalue weighted by Crippen LogP contribution is -2.15. The molecule has 0 radical (unpaired) electrons. The Labute approximate surface area is 113 Å². The first kappa shape index (κ1) is 14.0. The highest BCUT2D eigenvalue weighted by molar-refractivity contribution is 5.42. The van der Waals surface area contributed by atoms with Crippen molar-refractivity contribution in [2.75, 3.05) is 11.1 Å². The molecule has 2 heterocycles. The topological polar surface area (TPSA) is 76.7 Å². The zero-order valence-corrected chi connectivity index (χ0v) is 10.5. The van der Waals surface area contributed by atoms with E-state index < -0.39 is 17.8 Å². The van der Waals surface area contributed by atoms with Crippen LogP contribution in [0.15, 0.2) is 30.5 Å². The number of aromatic nitrogens is 3. The lowest BCUT2D eigenvalue weighted by atomic mass is 10.2. The van der Waals surface area contributed by atoms with Crippen LogP contribution in [0.1, 0.15) is 24.4 Å². The Kier molecular flexibility index (Phi) is 3.73. The van der Waals surface area contributed by atoms with Gasteiger partial charge in [0.2, 0.25) is 5.95 Å². The van der Waals surface area contributed by atoms with E-state index in [2.05, 4.69) is 20.3 Å². The number of pyridine rings is 1. The third-order valence-corrected chi connectivity index (χ3v) is 2.53. The van der Waals surface area contributed by atoms with E-state index in [-0.39, 0.29) is 11.9 Å². The summed E-state index contributed by atoms with van der Waals surface area (Å²) in [5.74, 6) is -0.432. The molecule has 20 heavy (non-hydrogen) atoms. The average Bonchev–Trinajstić information content (AvgIpc) is 2.38. The molecule has 0 spiro atoms. The maximum atomic E-state index is 12.6. The molecule has 0 amide bonds. The van der Waals surface area contributed by atoms with Crippen LogP contribution in [0.3, 0.4) is 0 Å². The van der Waals surface area contributed by atoms with E-state index in [0.29, 0.717) is 5.69 Å². The summed E-state index contributed by atoms with van der Waals surface area (Å²) in [4.78, 5) is 11.0. The second kappa shape index (κ2) is 5.32. The van der Waals surface area contributed by atoms with Gasteiger partial charge in [0.25, 0.3) is 0 Å². The smallest absolute Gasteiger partial charge is 0.368 e. The molecule has 2 aromatic rings. The van der Waals surface area contributed by atoms with Crippen molar-refractivity contribution < 1.29 is 13.2 Å². The molecule has 2 aromatic heterocycles. The molecule has 0 aliphatic heterocycles. The summed E-state index contributed by atoms with van der Waals surface area (Å²) in [6, 6.07) is 5.80. The van der Waals surface area contributed by atoms with Crippen molar-refractivity contribution in [2.24, 2.45) is 0 Å². The second-order valence-electron chi connectivity index (χ2n) is 4.12. The van der Waals surface area contributed by atoms with E-state index in [1.54, 1.807) is 31.3 Å². The van der Waals surface area contributed by atoms with Crippen molar-refractivity contribution in [2.45, 2.75) is 19.1 Å². The van der Waals surface area contributed by atoms with Gasteiger partial charge >= 0.3 is 6.18 Å². The van der Waals surface area contributed by atoms with Crippen molar-refractivity contribution >= 4 is 11.8 Å². The van der Waals surface area contributed by atoms with Crippen LogP contribution >= 0.6 is 0 Å². The third kappa shape index (κ3) is 3.34. The van der Waals surface area contributed by atoms with E-state index in [1.165, 1.54) is 0 Å². The predicted molar refractivity (Wildman–Crippen MR) is 67.7 cm³/mol. The normalized spacial score (nSPS) is 13.0. The van der Waals surface area contributed by atoms with Gasteiger partial charge in [-0.2, -0.15) is 18.2 Å². The van der Waals surface area contributed by atoms with Gasteiger partial charge in [-0.15, -0.1) is 0 Å². The maximum Gasteiger partial charge on any atom is 0.433 e. The quantitative estimate of drug-likeness (QED) is 0.905. The van der Waals surface area contributed by atoms with Crippen molar-refractivity contribution in [1.29, 1.82) is 0 Å². The van der Waals surface area contributed by atoms with Gasteiger partial charge in [-0.25, -0.2) is 4.98 Å². The number of anilines is 2. The molecule has 8 heteroatoms. The molecule has 1 unspecified atom stereocenters. The summed E-state index contributed by atoms with van der Waals surface area (Å²) in [5, 5.41) is 2.82. The van der Waals surface area contributed by atoms with E-state index in [9.17, 15) is 13.2 Å². The minimum atomic E-state index is -4.57. The highest BCUT2D eigenvalue weighted by Crippen LogP contribution is 2.29. The zero-order valence-electron chi connectivity index (χ0n) is 10.5. The molecule has 0 aliphatic rings. The van der Waals surface area contributed by atoms with Crippen LogP contribution in [0.2, 0.25) is 0 Å². The van der Waals surface area contributed by atoms with Crippen LogP contribution in [0.5, 0.6) is 0 Å². The van der Waals surface area contributed by atoms with Crippen molar-refractivity contribution in [3.05, 3.63) is 41.9 Å². The summed E-state index contributed by atoms with van der Waals surface area (Å²) < 4.78 is 37.9. The number of hydrogen-bond donors (Lipinski definition) is 2. The fourth-order valence-corrected chi connectivity index (χ4v) is 1.61. The van der Waals surface area contributed by atoms with E-state index in [1.807, 2.05) is 0 Å². The average molecular weight is 283 g/mol. The molecule has 3 N–H and O–H groups in total. The maximum absolute atomic E-state index is 12.6. The number of nitrogens with zero attached hydrogens (tertiary/aromatic N) is 3. The first-order valence-corrected chi connectivity index (χ1v) is 5.75. The summed E-state index contributed by atoms with van der Waals surface area (Å²) in [7, 11) is 0. The monoisotopic (exact) mass is 283 g/mol. The number of halogens is 3. The lowest BCUT2D eigenvalue weighted by molar-refractivity contribution is -0.141. The second-order valence-corrected chi connectivity index (χ2v) is 4.12. The van der Waals surface area contributed by atoms with Crippen LogP contribution in [0.4, 0.5) is 24.9 Å². The van der Waals surface area contributed by atoms with Crippen LogP contribution in [-0.4, -0.2) is 15.0 Å². The third-order valence-electron chi connectivity index (χ3n) is 2.53. The summed E-state index contributed by atoms with van der Waals surface area (Å²) in [6.07, 6.45) is -2.97. The molecular weight excluding hydrogens is 271 g/mol. The molecule has 106 valence electrons. The number of nitrogen functional groups attached to an aromatic ring is 1. The van der Waals surface area contributed by atoms with Gasteiger partial charge in [0.05, 0.1) is 11.7 Å². The van der Waals surface area contributed by atoms with E-state index >= 15 is 0 Å². The number of alkyl halides is 3. The molecule has 2 rings (SSSR count). The molecule has 0 fully saturated rings. The Morgan fingerprint density at radius 1 is 1.25 bits per heavy atom. The highest BCUT2D eigenvalue weighted by Gasteiger charge is 2.33. The van der Waals surface area contributed by atoms with E-state index in [0.717, 1.165) is 6.07 Å². The van der Waals surface area contributed by atoms with E-state index in [4.69, 9.17) is 5.73 Å². The minimum Gasteiger partial charge on any atom is -0.368 e. The Balaban J connectivity index is 2.24. The van der Waals surface area contributed by atoms with Crippen LogP contribution in [-0.2, 0) is 6.18 Å². The van der Waals surface area contributed by atoms with Crippen LogP contribution in [0.25, 0.3) is 0 Å². The molecule has 1 atom stereocenters. The number of nitrogens with one attached hydrogen (secondary N) is 1. The Morgan fingerprint density at radius 3 is 2.60 bits per heavy atom. The standard InChI is InChI=1S/C12H12F3N5/c1-7(8-4-2-3-5-17-8)18-10-6-9(12(13,14)15)19-11(16)20-10/h2-7H,1H3,(H3,16,18,19,20). The predicted octanol–water partition coefficient (Wildman–Crippen LogP) is 2.65. The molecule has 5 nitrogen and oxygen atoms in total. The molecule has 0 aromatic carbocycles. The van der Waals surface area contributed by atoms with Gasteiger partial charge < -0.3 is 11.1 Å². The molecule has 0 aliphatic carbocycles.